The molecular weight excluding hydrogens is 296 g/mol. The van der Waals surface area contributed by atoms with Crippen molar-refractivity contribution in [3.8, 4) is 0 Å². The maximum Gasteiger partial charge on any atom is 0.0784 e. The van der Waals surface area contributed by atoms with E-state index in [0.717, 1.165) is 24.8 Å². The molecule has 3 fully saturated rings. The molecule has 2 heteroatoms. The first-order valence-electron chi connectivity index (χ1n) is 9.80. The number of allylic oxidation sites excluding steroid dienone is 3. The summed E-state index contributed by atoms with van der Waals surface area (Å²) in [6, 6.07) is 0. The molecule has 0 aromatic heterocycles. The number of rotatable bonds is 3. The first kappa shape index (κ1) is 17.9. The molecule has 0 spiro atoms. The second-order valence-electron chi connectivity index (χ2n) is 8.70. The third-order valence-corrected chi connectivity index (χ3v) is 7.24. The largest absolute Gasteiger partial charge is 0.396 e. The van der Waals surface area contributed by atoms with Gasteiger partial charge in [-0.25, -0.2) is 0 Å². The summed E-state index contributed by atoms with van der Waals surface area (Å²) in [5, 5.41) is 19.6. The summed E-state index contributed by atoms with van der Waals surface area (Å²) in [6.45, 7) is 8.95. The Morgan fingerprint density at radius 1 is 1.25 bits per heavy atom. The van der Waals surface area contributed by atoms with Gasteiger partial charge in [-0.3, -0.25) is 0 Å². The van der Waals surface area contributed by atoms with Crippen LogP contribution in [0.5, 0.6) is 0 Å². The fourth-order valence-electron chi connectivity index (χ4n) is 5.70. The Morgan fingerprint density at radius 3 is 2.75 bits per heavy atom. The van der Waals surface area contributed by atoms with Crippen molar-refractivity contribution in [2.75, 3.05) is 6.61 Å². The minimum atomic E-state index is -0.346. The predicted molar refractivity (Wildman–Crippen MR) is 99.6 cm³/mol. The highest BCUT2D eigenvalue weighted by Crippen LogP contribution is 2.59. The second-order valence-corrected chi connectivity index (χ2v) is 8.70. The van der Waals surface area contributed by atoms with Gasteiger partial charge >= 0.3 is 0 Å². The lowest BCUT2D eigenvalue weighted by molar-refractivity contribution is 0.0690. The fourth-order valence-corrected chi connectivity index (χ4v) is 5.70. The Kier molecular flexibility index (Phi) is 5.36. The van der Waals surface area contributed by atoms with Crippen LogP contribution in [0, 0.1) is 23.2 Å². The van der Waals surface area contributed by atoms with Crippen molar-refractivity contribution in [1.82, 2.24) is 0 Å². The third-order valence-electron chi connectivity index (χ3n) is 7.24. The van der Waals surface area contributed by atoms with Crippen molar-refractivity contribution in [3.05, 3.63) is 35.5 Å². The van der Waals surface area contributed by atoms with Crippen molar-refractivity contribution in [1.29, 1.82) is 0 Å². The summed E-state index contributed by atoms with van der Waals surface area (Å²) < 4.78 is 0. The van der Waals surface area contributed by atoms with E-state index in [0.29, 0.717) is 29.8 Å². The van der Waals surface area contributed by atoms with Gasteiger partial charge in [0, 0.05) is 6.61 Å². The van der Waals surface area contributed by atoms with Crippen molar-refractivity contribution >= 4 is 0 Å². The van der Waals surface area contributed by atoms with E-state index in [-0.39, 0.29) is 6.10 Å². The van der Waals surface area contributed by atoms with Gasteiger partial charge in [-0.1, -0.05) is 43.7 Å². The SMILES string of the molecule is C=C1CC/C(=C\C=C2/CCC[C@]3(C)[C@@H]([C@H](C)CO)CC[C@@H]23)C[C@H]1O. The van der Waals surface area contributed by atoms with Crippen LogP contribution in [0.3, 0.4) is 0 Å². The van der Waals surface area contributed by atoms with E-state index in [2.05, 4.69) is 32.6 Å². The van der Waals surface area contributed by atoms with Crippen molar-refractivity contribution in [2.45, 2.75) is 71.3 Å². The lowest BCUT2D eigenvalue weighted by atomic mass is 9.61. The molecule has 3 aliphatic rings. The highest BCUT2D eigenvalue weighted by molar-refractivity contribution is 5.28. The maximum atomic E-state index is 10.0. The quantitative estimate of drug-likeness (QED) is 0.731. The molecule has 0 aliphatic heterocycles. The van der Waals surface area contributed by atoms with E-state index in [9.17, 15) is 10.2 Å². The molecule has 24 heavy (non-hydrogen) atoms. The zero-order chi connectivity index (χ0) is 17.3. The summed E-state index contributed by atoms with van der Waals surface area (Å²) in [4.78, 5) is 0. The number of aliphatic hydroxyl groups excluding tert-OH is 2. The van der Waals surface area contributed by atoms with Crippen LogP contribution in [0.25, 0.3) is 0 Å². The van der Waals surface area contributed by atoms with Gasteiger partial charge < -0.3 is 10.2 Å². The minimum absolute atomic E-state index is 0.317. The average Bonchev–Trinajstić information content (AvgIpc) is 2.92. The van der Waals surface area contributed by atoms with Gasteiger partial charge in [-0.2, -0.15) is 0 Å². The van der Waals surface area contributed by atoms with Gasteiger partial charge in [-0.15, -0.1) is 0 Å². The summed E-state index contributed by atoms with van der Waals surface area (Å²) in [5.41, 5.74) is 4.34. The van der Waals surface area contributed by atoms with Crippen LogP contribution in [-0.4, -0.2) is 22.9 Å². The highest BCUT2D eigenvalue weighted by Gasteiger charge is 2.50. The predicted octanol–water partition coefficient (Wildman–Crippen LogP) is 4.79. The molecular formula is C22H34O2. The monoisotopic (exact) mass is 330 g/mol. The first-order chi connectivity index (χ1) is 11.5. The molecule has 3 rings (SSSR count). The van der Waals surface area contributed by atoms with Crippen LogP contribution in [0.15, 0.2) is 35.5 Å². The fraction of sp³-hybridized carbons (Fsp3) is 0.727. The molecule has 2 nitrogen and oxygen atoms in total. The Labute approximate surface area is 147 Å². The highest BCUT2D eigenvalue weighted by atomic mass is 16.3. The zero-order valence-corrected chi connectivity index (χ0v) is 15.4. The van der Waals surface area contributed by atoms with Gasteiger partial charge in [0.15, 0.2) is 0 Å². The van der Waals surface area contributed by atoms with Crippen molar-refractivity contribution < 1.29 is 10.2 Å². The van der Waals surface area contributed by atoms with E-state index in [1.807, 2.05) is 0 Å². The number of hydrogen-bond donors (Lipinski definition) is 2. The number of fused-ring (bicyclic) bond motifs is 1. The normalized spacial score (nSPS) is 41.7. The topological polar surface area (TPSA) is 40.5 Å². The Morgan fingerprint density at radius 2 is 2.04 bits per heavy atom. The maximum absolute atomic E-state index is 10.0. The van der Waals surface area contributed by atoms with Crippen LogP contribution in [0.1, 0.15) is 65.2 Å². The molecule has 0 unspecified atom stereocenters. The van der Waals surface area contributed by atoms with E-state index in [1.165, 1.54) is 37.7 Å². The molecule has 0 aromatic rings. The smallest absolute Gasteiger partial charge is 0.0784 e. The van der Waals surface area contributed by atoms with Crippen LogP contribution < -0.4 is 0 Å². The van der Waals surface area contributed by atoms with Gasteiger partial charge in [0.2, 0.25) is 0 Å². The van der Waals surface area contributed by atoms with Crippen LogP contribution in [-0.2, 0) is 0 Å². The van der Waals surface area contributed by atoms with Crippen molar-refractivity contribution in [2.24, 2.45) is 23.2 Å². The zero-order valence-electron chi connectivity index (χ0n) is 15.4. The molecule has 3 aliphatic carbocycles. The summed E-state index contributed by atoms with van der Waals surface area (Å²) in [5.74, 6) is 1.76. The molecule has 0 bridgehead atoms. The third kappa shape index (κ3) is 3.28. The molecule has 3 saturated carbocycles. The molecule has 0 amide bonds. The number of hydrogen-bond acceptors (Lipinski definition) is 2. The van der Waals surface area contributed by atoms with E-state index < -0.39 is 0 Å². The Hall–Kier alpha value is -0.860. The minimum Gasteiger partial charge on any atom is -0.396 e. The standard InChI is InChI=1S/C22H34O2/c1-15-6-7-17(13-21(15)24)8-9-18-5-4-12-22(3)19(16(2)14-23)10-11-20(18)22/h8-9,16,19-21,23-24H,1,4-7,10-14H2,2-3H3/b17-8+,18-9+/t16-,19-,20+,21-,22-/m1/s1. The second kappa shape index (κ2) is 7.17. The molecule has 0 aromatic carbocycles. The Bertz CT molecular complexity index is 544. The molecule has 0 heterocycles. The number of aliphatic hydroxyl groups is 2. The molecule has 0 saturated heterocycles. The first-order valence-corrected chi connectivity index (χ1v) is 9.80. The van der Waals surface area contributed by atoms with Gasteiger partial charge in [-0.05, 0) is 80.1 Å². The van der Waals surface area contributed by atoms with Gasteiger partial charge in [0.1, 0.15) is 0 Å². The van der Waals surface area contributed by atoms with Gasteiger partial charge in [0.05, 0.1) is 6.10 Å². The average molecular weight is 331 g/mol. The van der Waals surface area contributed by atoms with E-state index in [4.69, 9.17) is 0 Å². The molecule has 2 N–H and O–H groups in total. The van der Waals surface area contributed by atoms with Crippen LogP contribution in [0.4, 0.5) is 0 Å². The van der Waals surface area contributed by atoms with Crippen molar-refractivity contribution in [3.63, 3.8) is 0 Å². The lowest BCUT2D eigenvalue weighted by Crippen LogP contribution is -2.36. The molecule has 134 valence electrons. The van der Waals surface area contributed by atoms with E-state index in [1.54, 1.807) is 5.57 Å². The van der Waals surface area contributed by atoms with E-state index >= 15 is 0 Å². The summed E-state index contributed by atoms with van der Waals surface area (Å²) in [7, 11) is 0. The summed E-state index contributed by atoms with van der Waals surface area (Å²) in [6.07, 6.45) is 13.4. The summed E-state index contributed by atoms with van der Waals surface area (Å²) >= 11 is 0. The van der Waals surface area contributed by atoms with Crippen LogP contribution in [0.2, 0.25) is 0 Å². The van der Waals surface area contributed by atoms with Crippen LogP contribution >= 0.6 is 0 Å². The Balaban J connectivity index is 1.76. The molecule has 5 atom stereocenters. The van der Waals surface area contributed by atoms with Gasteiger partial charge in [0.25, 0.3) is 0 Å². The molecule has 0 radical (unpaired) electrons. The lowest BCUT2D eigenvalue weighted by Gasteiger charge is -2.44.